The van der Waals surface area contributed by atoms with Crippen molar-refractivity contribution >= 4 is 22.8 Å². The van der Waals surface area contributed by atoms with Gasteiger partial charge >= 0.3 is 11.9 Å². The summed E-state index contributed by atoms with van der Waals surface area (Å²) >= 11 is 0. The number of methoxy groups -OCH3 is 1. The summed E-state index contributed by atoms with van der Waals surface area (Å²) in [4.78, 5) is 25.1. The summed E-state index contributed by atoms with van der Waals surface area (Å²) in [5.74, 6) is 0.275. The number of fused-ring (bicyclic) bond motifs is 1. The maximum absolute atomic E-state index is 12.6. The zero-order chi connectivity index (χ0) is 22.5. The lowest BCUT2D eigenvalue weighted by atomic mass is 10.2. The second-order valence-corrected chi connectivity index (χ2v) is 7.16. The van der Waals surface area contributed by atoms with Crippen LogP contribution < -0.4 is 9.47 Å². The Hall–Kier alpha value is -4.06. The van der Waals surface area contributed by atoms with Gasteiger partial charge in [-0.15, -0.1) is 0 Å². The summed E-state index contributed by atoms with van der Waals surface area (Å²) in [6, 6.07) is 23.5. The first-order valence-electron chi connectivity index (χ1n) is 10.3. The second-order valence-electron chi connectivity index (χ2n) is 7.16. The summed E-state index contributed by atoms with van der Waals surface area (Å²) in [5, 5.41) is 0.843. The van der Waals surface area contributed by atoms with Crippen LogP contribution in [0.3, 0.4) is 0 Å². The first-order chi connectivity index (χ1) is 15.6. The Morgan fingerprint density at radius 2 is 1.66 bits per heavy atom. The highest BCUT2D eigenvalue weighted by Crippen LogP contribution is 2.27. The normalized spacial score (nSPS) is 10.7. The molecule has 0 amide bonds. The zero-order valence-corrected chi connectivity index (χ0v) is 17.9. The molecule has 3 aromatic carbocycles. The first kappa shape index (κ1) is 21.2. The molecule has 0 spiro atoms. The fourth-order valence-electron chi connectivity index (χ4n) is 3.54. The molecule has 4 aromatic rings. The predicted molar refractivity (Wildman–Crippen MR) is 121 cm³/mol. The van der Waals surface area contributed by atoms with E-state index in [0.717, 1.165) is 22.2 Å². The van der Waals surface area contributed by atoms with Crippen molar-refractivity contribution in [2.45, 2.75) is 13.5 Å². The predicted octanol–water partition coefficient (Wildman–Crippen LogP) is 5.09. The van der Waals surface area contributed by atoms with Gasteiger partial charge in [0.25, 0.3) is 0 Å². The van der Waals surface area contributed by atoms with E-state index in [1.54, 1.807) is 56.5 Å². The minimum atomic E-state index is -0.443. The Morgan fingerprint density at radius 1 is 0.844 bits per heavy atom. The van der Waals surface area contributed by atoms with E-state index in [-0.39, 0.29) is 6.61 Å². The molecule has 0 aliphatic heterocycles. The van der Waals surface area contributed by atoms with E-state index in [0.29, 0.717) is 23.6 Å². The van der Waals surface area contributed by atoms with Crippen LogP contribution in [-0.4, -0.2) is 30.2 Å². The second kappa shape index (κ2) is 9.39. The molecule has 0 saturated heterocycles. The van der Waals surface area contributed by atoms with Crippen molar-refractivity contribution in [3.8, 4) is 11.5 Å². The fourth-order valence-corrected chi connectivity index (χ4v) is 3.54. The van der Waals surface area contributed by atoms with Gasteiger partial charge in [0, 0.05) is 18.0 Å². The van der Waals surface area contributed by atoms with Gasteiger partial charge in [-0.3, -0.25) is 0 Å². The molecule has 0 atom stereocenters. The topological polar surface area (TPSA) is 66.8 Å². The number of esters is 2. The van der Waals surface area contributed by atoms with E-state index in [2.05, 4.69) is 0 Å². The van der Waals surface area contributed by atoms with Gasteiger partial charge in [0.15, 0.2) is 0 Å². The first-order valence-corrected chi connectivity index (χ1v) is 10.3. The smallest absolute Gasteiger partial charge is 0.354 e. The van der Waals surface area contributed by atoms with Crippen LogP contribution in [0.2, 0.25) is 0 Å². The number of nitrogens with zero attached hydrogens (tertiary/aromatic N) is 1. The van der Waals surface area contributed by atoms with Crippen molar-refractivity contribution in [1.82, 2.24) is 4.57 Å². The van der Waals surface area contributed by atoms with Crippen molar-refractivity contribution < 1.29 is 23.8 Å². The number of hydrogen-bond donors (Lipinski definition) is 0. The standard InChI is InChI=1S/C26H23NO5/c1-3-31-26(29)24-15-20-12-13-22(32-25(28)19-9-5-4-6-10-19)16-23(20)27(24)17-18-8-7-11-21(14-18)30-2/h4-16H,3,17H2,1-2H3. The minimum Gasteiger partial charge on any atom is -0.497 e. The molecule has 0 unspecified atom stereocenters. The van der Waals surface area contributed by atoms with Gasteiger partial charge in [-0.1, -0.05) is 30.3 Å². The third kappa shape index (κ3) is 4.49. The van der Waals surface area contributed by atoms with E-state index in [1.807, 2.05) is 41.0 Å². The number of ether oxygens (including phenoxy) is 3. The summed E-state index contributed by atoms with van der Waals surface area (Å²) in [5.41, 5.74) is 2.61. The molecule has 0 N–H and O–H groups in total. The summed E-state index contributed by atoms with van der Waals surface area (Å²) in [6.07, 6.45) is 0. The Balaban J connectivity index is 1.73. The van der Waals surface area contributed by atoms with Crippen LogP contribution in [0, 0.1) is 0 Å². The molecule has 4 rings (SSSR count). The van der Waals surface area contributed by atoms with Crippen molar-refractivity contribution in [2.75, 3.05) is 13.7 Å². The number of carbonyl (C=O) groups is 2. The lowest BCUT2D eigenvalue weighted by Gasteiger charge is -2.12. The summed E-state index contributed by atoms with van der Waals surface area (Å²) in [7, 11) is 1.61. The van der Waals surface area contributed by atoms with Gasteiger partial charge in [0.1, 0.15) is 17.2 Å². The molecule has 6 nitrogen and oxygen atoms in total. The molecular weight excluding hydrogens is 406 g/mol. The van der Waals surface area contributed by atoms with Crippen molar-refractivity contribution in [3.63, 3.8) is 0 Å². The average Bonchev–Trinajstić information content (AvgIpc) is 3.17. The van der Waals surface area contributed by atoms with Crippen molar-refractivity contribution in [3.05, 3.63) is 95.7 Å². The largest absolute Gasteiger partial charge is 0.497 e. The van der Waals surface area contributed by atoms with Crippen LogP contribution in [0.15, 0.2) is 78.9 Å². The Kier molecular flexibility index (Phi) is 6.22. The van der Waals surface area contributed by atoms with E-state index in [1.165, 1.54) is 0 Å². The lowest BCUT2D eigenvalue weighted by molar-refractivity contribution is 0.0514. The average molecular weight is 429 g/mol. The molecule has 0 aliphatic rings. The SMILES string of the molecule is CCOC(=O)c1cc2ccc(OC(=O)c3ccccc3)cc2n1Cc1cccc(OC)c1. The molecule has 0 radical (unpaired) electrons. The molecule has 1 heterocycles. The van der Waals surface area contributed by atoms with Gasteiger partial charge in [0.05, 0.1) is 24.8 Å². The van der Waals surface area contributed by atoms with Gasteiger partial charge in [-0.2, -0.15) is 0 Å². The minimum absolute atomic E-state index is 0.277. The quantitative estimate of drug-likeness (QED) is 0.302. The van der Waals surface area contributed by atoms with Crippen LogP contribution in [0.4, 0.5) is 0 Å². The zero-order valence-electron chi connectivity index (χ0n) is 17.9. The summed E-state index contributed by atoms with van der Waals surface area (Å²) < 4.78 is 18.0. The van der Waals surface area contributed by atoms with E-state index in [4.69, 9.17) is 14.2 Å². The number of hydrogen-bond acceptors (Lipinski definition) is 5. The molecule has 6 heteroatoms. The maximum atomic E-state index is 12.6. The molecule has 0 aliphatic carbocycles. The monoisotopic (exact) mass is 429 g/mol. The lowest BCUT2D eigenvalue weighted by Crippen LogP contribution is -2.13. The van der Waals surface area contributed by atoms with Gasteiger partial charge in [-0.25, -0.2) is 9.59 Å². The fraction of sp³-hybridized carbons (Fsp3) is 0.154. The van der Waals surface area contributed by atoms with Crippen LogP contribution in [-0.2, 0) is 11.3 Å². The van der Waals surface area contributed by atoms with Gasteiger partial charge in [0.2, 0.25) is 0 Å². The van der Waals surface area contributed by atoms with Crippen LogP contribution in [0.1, 0.15) is 33.3 Å². The molecule has 0 fully saturated rings. The Morgan fingerprint density at radius 3 is 2.41 bits per heavy atom. The van der Waals surface area contributed by atoms with E-state index < -0.39 is 11.9 Å². The third-order valence-electron chi connectivity index (χ3n) is 5.06. The number of carbonyl (C=O) groups excluding carboxylic acids is 2. The van der Waals surface area contributed by atoms with Gasteiger partial charge in [-0.05, 0) is 55.0 Å². The van der Waals surface area contributed by atoms with Crippen LogP contribution in [0.25, 0.3) is 10.9 Å². The molecule has 0 bridgehead atoms. The molecule has 0 saturated carbocycles. The van der Waals surface area contributed by atoms with Crippen LogP contribution in [0.5, 0.6) is 11.5 Å². The third-order valence-corrected chi connectivity index (χ3v) is 5.06. The van der Waals surface area contributed by atoms with Gasteiger partial charge < -0.3 is 18.8 Å². The van der Waals surface area contributed by atoms with E-state index in [9.17, 15) is 9.59 Å². The van der Waals surface area contributed by atoms with Crippen LogP contribution >= 0.6 is 0 Å². The number of benzene rings is 3. The Labute approximate surface area is 185 Å². The van der Waals surface area contributed by atoms with Crippen molar-refractivity contribution in [2.24, 2.45) is 0 Å². The summed E-state index contributed by atoms with van der Waals surface area (Å²) in [6.45, 7) is 2.47. The van der Waals surface area contributed by atoms with Crippen molar-refractivity contribution in [1.29, 1.82) is 0 Å². The Bertz CT molecular complexity index is 1260. The number of aromatic nitrogens is 1. The molecule has 32 heavy (non-hydrogen) atoms. The highest BCUT2D eigenvalue weighted by molar-refractivity contribution is 5.97. The highest BCUT2D eigenvalue weighted by Gasteiger charge is 2.18. The maximum Gasteiger partial charge on any atom is 0.354 e. The number of rotatable bonds is 7. The molecular formula is C26H23NO5. The highest BCUT2D eigenvalue weighted by atomic mass is 16.5. The molecule has 162 valence electrons. The molecule has 1 aromatic heterocycles. The van der Waals surface area contributed by atoms with E-state index >= 15 is 0 Å².